The molecule has 2 aromatic rings. The number of anilines is 1. The summed E-state index contributed by atoms with van der Waals surface area (Å²) in [5.41, 5.74) is 3.13. The highest BCUT2D eigenvalue weighted by Gasteiger charge is 2.68. The number of carbonyl (C=O) groups is 1. The van der Waals surface area contributed by atoms with Gasteiger partial charge in [0.05, 0.1) is 17.5 Å². The third-order valence-corrected chi connectivity index (χ3v) is 6.33. The molecule has 1 heterocycles. The minimum Gasteiger partial charge on any atom is -0.465 e. The minimum atomic E-state index is -0.564. The summed E-state index contributed by atoms with van der Waals surface area (Å²) in [6.45, 7) is 12.1. The second-order valence-electron chi connectivity index (χ2n) is 9.49. The first kappa shape index (κ1) is 19.6. The van der Waals surface area contributed by atoms with E-state index in [0.717, 1.165) is 23.4 Å². The van der Waals surface area contributed by atoms with Gasteiger partial charge in [-0.2, -0.15) is 0 Å². The number of para-hydroxylation sites is 1. The Balaban J connectivity index is 1.76. The van der Waals surface area contributed by atoms with Gasteiger partial charge in [-0.05, 0) is 70.4 Å². The largest absolute Gasteiger partial charge is 0.465 e. The molecule has 1 amide bonds. The Hall–Kier alpha value is -2.75. The molecule has 0 spiro atoms. The van der Waals surface area contributed by atoms with Crippen LogP contribution in [0.5, 0.6) is 5.75 Å². The van der Waals surface area contributed by atoms with Crippen molar-refractivity contribution in [2.24, 2.45) is 0 Å². The highest BCUT2D eigenvalue weighted by Crippen LogP contribution is 2.65. The summed E-state index contributed by atoms with van der Waals surface area (Å²) in [6, 6.07) is 16.0. The third kappa shape index (κ3) is 2.93. The molecule has 2 aliphatic rings. The zero-order valence-electron chi connectivity index (χ0n) is 18.1. The average molecular weight is 392 g/mol. The number of hydrogen-bond donors (Lipinski definition) is 0. The summed E-state index contributed by atoms with van der Waals surface area (Å²) in [4.78, 5) is 15.1. The summed E-state index contributed by atoms with van der Waals surface area (Å²) in [5, 5.41) is 0. The lowest BCUT2D eigenvalue weighted by Gasteiger charge is -2.56. The van der Waals surface area contributed by atoms with E-state index in [9.17, 15) is 4.79 Å². The van der Waals surface area contributed by atoms with Gasteiger partial charge in [0.15, 0.2) is 0 Å². The molecule has 0 N–H and O–H groups in total. The number of hydrogen-bond acceptors (Lipinski definition) is 3. The van der Waals surface area contributed by atoms with Crippen molar-refractivity contribution in [1.82, 2.24) is 0 Å². The van der Waals surface area contributed by atoms with Crippen LogP contribution in [0.3, 0.4) is 0 Å². The van der Waals surface area contributed by atoms with E-state index >= 15 is 0 Å². The fourth-order valence-corrected chi connectivity index (χ4v) is 4.63. The summed E-state index contributed by atoms with van der Waals surface area (Å²) in [5.74, 6) is 0.785. The fraction of sp³-hybridized carbons (Fsp3) is 0.400. The molecule has 1 aliphatic carbocycles. The lowest BCUT2D eigenvalue weighted by Crippen LogP contribution is -2.66. The fourth-order valence-electron chi connectivity index (χ4n) is 4.63. The zero-order valence-corrected chi connectivity index (χ0v) is 18.1. The second kappa shape index (κ2) is 6.38. The maximum absolute atomic E-state index is 13.3. The lowest BCUT2D eigenvalue weighted by molar-refractivity contribution is 0.0503. The van der Waals surface area contributed by atoms with Gasteiger partial charge in [-0.25, -0.2) is 4.79 Å². The van der Waals surface area contributed by atoms with E-state index in [1.54, 1.807) is 0 Å². The maximum Gasteiger partial charge on any atom is 0.415 e. The van der Waals surface area contributed by atoms with Gasteiger partial charge >= 0.3 is 6.09 Å². The molecule has 0 bridgehead atoms. The van der Waals surface area contributed by atoms with E-state index in [1.165, 1.54) is 11.1 Å². The number of aryl methyl sites for hydroxylation is 1. The third-order valence-electron chi connectivity index (χ3n) is 6.33. The SMILES string of the molecule is Cc1ccc2c(c1)[C@@]1(C)C/C(=C/Oc3ccccc3)[C@@]1(C)N2C(=O)OC(C)(C)C. The molecular formula is C25H29NO3. The van der Waals surface area contributed by atoms with Gasteiger partial charge in [0, 0.05) is 5.41 Å². The van der Waals surface area contributed by atoms with Gasteiger partial charge in [0.1, 0.15) is 11.4 Å². The van der Waals surface area contributed by atoms with Crippen molar-refractivity contribution in [2.45, 2.75) is 64.5 Å². The molecule has 2 aromatic carbocycles. The second-order valence-corrected chi connectivity index (χ2v) is 9.49. The molecule has 0 aromatic heterocycles. The number of ether oxygens (including phenoxy) is 2. The summed E-state index contributed by atoms with van der Waals surface area (Å²) in [7, 11) is 0. The van der Waals surface area contributed by atoms with E-state index in [4.69, 9.17) is 9.47 Å². The van der Waals surface area contributed by atoms with Crippen molar-refractivity contribution in [1.29, 1.82) is 0 Å². The van der Waals surface area contributed by atoms with E-state index in [-0.39, 0.29) is 11.5 Å². The Labute approximate surface area is 173 Å². The van der Waals surface area contributed by atoms with Crippen LogP contribution in [0.1, 0.15) is 52.2 Å². The average Bonchev–Trinajstić information content (AvgIpc) is 2.78. The molecule has 4 rings (SSSR count). The van der Waals surface area contributed by atoms with Crippen LogP contribution in [0.4, 0.5) is 10.5 Å². The molecule has 2 atom stereocenters. The molecule has 1 saturated carbocycles. The number of amides is 1. The van der Waals surface area contributed by atoms with Crippen LogP contribution in [0.25, 0.3) is 0 Å². The number of nitrogens with zero attached hydrogens (tertiary/aromatic N) is 1. The first-order chi connectivity index (χ1) is 13.6. The van der Waals surface area contributed by atoms with Crippen LogP contribution in [0.15, 0.2) is 60.4 Å². The molecule has 29 heavy (non-hydrogen) atoms. The van der Waals surface area contributed by atoms with Gasteiger partial charge < -0.3 is 9.47 Å². The predicted octanol–water partition coefficient (Wildman–Crippen LogP) is 6.13. The Morgan fingerprint density at radius 3 is 2.45 bits per heavy atom. The Morgan fingerprint density at radius 2 is 1.79 bits per heavy atom. The predicted molar refractivity (Wildman–Crippen MR) is 115 cm³/mol. The van der Waals surface area contributed by atoms with Crippen LogP contribution in [-0.4, -0.2) is 17.2 Å². The van der Waals surface area contributed by atoms with Crippen LogP contribution >= 0.6 is 0 Å². The number of carbonyl (C=O) groups excluding carboxylic acids is 1. The van der Waals surface area contributed by atoms with Gasteiger partial charge in [-0.3, -0.25) is 4.90 Å². The molecule has 1 fully saturated rings. The van der Waals surface area contributed by atoms with Gasteiger partial charge in [-0.15, -0.1) is 0 Å². The first-order valence-electron chi connectivity index (χ1n) is 10.1. The number of benzene rings is 2. The molecule has 4 heteroatoms. The number of rotatable bonds is 2. The molecule has 4 nitrogen and oxygen atoms in total. The minimum absolute atomic E-state index is 0.183. The molecule has 152 valence electrons. The molecule has 1 aliphatic heterocycles. The lowest BCUT2D eigenvalue weighted by atomic mass is 9.52. The van der Waals surface area contributed by atoms with Gasteiger partial charge in [-0.1, -0.05) is 42.8 Å². The van der Waals surface area contributed by atoms with Crippen LogP contribution < -0.4 is 9.64 Å². The Kier molecular flexibility index (Phi) is 4.30. The van der Waals surface area contributed by atoms with Crippen LogP contribution in [0.2, 0.25) is 0 Å². The Bertz CT molecular complexity index is 989. The van der Waals surface area contributed by atoms with Crippen molar-refractivity contribution < 1.29 is 14.3 Å². The van der Waals surface area contributed by atoms with Gasteiger partial charge in [0.25, 0.3) is 0 Å². The molecule has 0 saturated heterocycles. The summed E-state index contributed by atoms with van der Waals surface area (Å²) < 4.78 is 11.7. The number of fused-ring (bicyclic) bond motifs is 3. The summed E-state index contributed by atoms with van der Waals surface area (Å²) in [6.07, 6.45) is 2.33. The zero-order chi connectivity index (χ0) is 21.0. The standard InChI is InChI=1S/C25H29NO3/c1-17-12-13-21-20(14-17)24(5)15-18(16-28-19-10-8-7-9-11-19)25(24,6)26(21)22(27)29-23(2,3)4/h7-14,16H,15H2,1-6H3/b18-16-/t24-,25-/m1/s1. The van der Waals surface area contributed by atoms with Crippen molar-refractivity contribution in [3.8, 4) is 5.75 Å². The topological polar surface area (TPSA) is 38.8 Å². The van der Waals surface area contributed by atoms with E-state index in [0.29, 0.717) is 0 Å². The van der Waals surface area contributed by atoms with E-state index in [1.807, 2.05) is 68.3 Å². The van der Waals surface area contributed by atoms with Crippen LogP contribution in [-0.2, 0) is 10.2 Å². The Morgan fingerprint density at radius 1 is 1.10 bits per heavy atom. The maximum atomic E-state index is 13.3. The van der Waals surface area contributed by atoms with Crippen molar-refractivity contribution >= 4 is 11.8 Å². The van der Waals surface area contributed by atoms with Gasteiger partial charge in [0.2, 0.25) is 0 Å². The molecular weight excluding hydrogens is 362 g/mol. The van der Waals surface area contributed by atoms with Crippen molar-refractivity contribution in [3.05, 3.63) is 71.5 Å². The monoisotopic (exact) mass is 391 g/mol. The smallest absolute Gasteiger partial charge is 0.415 e. The molecule has 0 radical (unpaired) electrons. The summed E-state index contributed by atoms with van der Waals surface area (Å²) >= 11 is 0. The molecule has 0 unspecified atom stereocenters. The quantitative estimate of drug-likeness (QED) is 0.578. The van der Waals surface area contributed by atoms with Crippen LogP contribution in [0, 0.1) is 6.92 Å². The highest BCUT2D eigenvalue weighted by molar-refractivity contribution is 5.97. The van der Waals surface area contributed by atoms with Crippen molar-refractivity contribution in [2.75, 3.05) is 4.90 Å². The highest BCUT2D eigenvalue weighted by atomic mass is 16.6. The first-order valence-corrected chi connectivity index (χ1v) is 10.1. The van der Waals surface area contributed by atoms with E-state index in [2.05, 4.69) is 32.9 Å². The van der Waals surface area contributed by atoms with E-state index < -0.39 is 11.1 Å². The van der Waals surface area contributed by atoms with Crippen molar-refractivity contribution in [3.63, 3.8) is 0 Å². The normalized spacial score (nSPS) is 26.6.